The van der Waals surface area contributed by atoms with Crippen LogP contribution in [0.5, 0.6) is 0 Å². The molecule has 0 bridgehead atoms. The molecule has 0 aliphatic heterocycles. The van der Waals surface area contributed by atoms with Gasteiger partial charge in [-0.05, 0) is 13.3 Å². The molecule has 3 nitrogen and oxygen atoms in total. The van der Waals surface area contributed by atoms with Crippen LogP contribution in [0.1, 0.15) is 20.3 Å². The first-order valence-electron chi connectivity index (χ1n) is 3.60. The molecule has 0 radical (unpaired) electrons. The second-order valence-corrected chi connectivity index (χ2v) is 2.83. The number of rotatable bonds is 4. The molecule has 1 unspecified atom stereocenters. The van der Waals surface area contributed by atoms with Gasteiger partial charge in [-0.2, -0.15) is 0 Å². The zero-order valence-corrected chi connectivity index (χ0v) is 8.02. The molecule has 68 valence electrons. The Labute approximate surface area is 75.5 Å². The molecule has 0 aromatic carbocycles. The van der Waals surface area contributed by atoms with E-state index in [9.17, 15) is 9.00 Å². The van der Waals surface area contributed by atoms with E-state index in [0.717, 1.165) is 0 Å². The fourth-order valence-corrected chi connectivity index (χ4v) is 0.879. The minimum absolute atomic E-state index is 0.306. The molecule has 0 saturated carbocycles. The van der Waals surface area contributed by atoms with E-state index in [1.807, 2.05) is 6.92 Å². The maximum Gasteiger partial charge on any atom is 0.333 e. The molecule has 0 N–H and O–H groups in total. The van der Waals surface area contributed by atoms with Gasteiger partial charge in [0.25, 0.3) is 0 Å². The Balaban J connectivity index is 4.11. The fraction of sp³-hybridized carbons (Fsp3) is 0.500. The Morgan fingerprint density at radius 1 is 1.75 bits per heavy atom. The summed E-state index contributed by atoms with van der Waals surface area (Å²) in [7, 11) is 0. The zero-order chi connectivity index (χ0) is 9.56. The van der Waals surface area contributed by atoms with Crippen molar-refractivity contribution >= 4 is 22.6 Å². The second kappa shape index (κ2) is 5.71. The molecule has 12 heavy (non-hydrogen) atoms. The summed E-state index contributed by atoms with van der Waals surface area (Å²) in [6.45, 7) is 6.83. The van der Waals surface area contributed by atoms with Gasteiger partial charge in [0.15, 0.2) is 0 Å². The Morgan fingerprint density at radius 2 is 2.33 bits per heavy atom. The van der Waals surface area contributed by atoms with Crippen LogP contribution in [0.2, 0.25) is 0 Å². The maximum absolute atomic E-state index is 10.9. The van der Waals surface area contributed by atoms with Crippen LogP contribution >= 0.6 is 0 Å². The van der Waals surface area contributed by atoms with Gasteiger partial charge in [-0.1, -0.05) is 13.5 Å². The van der Waals surface area contributed by atoms with Gasteiger partial charge in [-0.25, -0.2) is 9.00 Å². The highest BCUT2D eigenvalue weighted by Crippen LogP contribution is 1.99. The van der Waals surface area contributed by atoms with Crippen LogP contribution in [0.3, 0.4) is 0 Å². The van der Waals surface area contributed by atoms with Crippen molar-refractivity contribution < 1.29 is 13.7 Å². The van der Waals surface area contributed by atoms with Crippen LogP contribution in [0.15, 0.2) is 12.2 Å². The average Bonchev–Trinajstić information content (AvgIpc) is 2.03. The minimum Gasteiger partial charge on any atom is -0.454 e. The summed E-state index contributed by atoms with van der Waals surface area (Å²) in [5.41, 5.74) is 0.345. The van der Waals surface area contributed by atoms with Gasteiger partial charge >= 0.3 is 5.97 Å². The first-order valence-corrected chi connectivity index (χ1v) is 4.40. The molecule has 0 amide bonds. The molecule has 0 spiro atoms. The van der Waals surface area contributed by atoms with Gasteiger partial charge in [0.05, 0.1) is 11.3 Å². The average molecular weight is 188 g/mol. The third-order valence-corrected chi connectivity index (χ3v) is 1.63. The highest BCUT2D eigenvalue weighted by molar-refractivity contribution is 7.64. The summed E-state index contributed by atoms with van der Waals surface area (Å²) in [4.78, 5) is 10.9. The third-order valence-electron chi connectivity index (χ3n) is 1.22. The van der Waals surface area contributed by atoms with E-state index < -0.39 is 12.1 Å². The van der Waals surface area contributed by atoms with Crippen molar-refractivity contribution in [2.45, 2.75) is 26.4 Å². The van der Waals surface area contributed by atoms with E-state index in [0.29, 0.717) is 23.2 Å². The second-order valence-electron chi connectivity index (χ2n) is 2.36. The van der Waals surface area contributed by atoms with Crippen LogP contribution in [0.4, 0.5) is 0 Å². The lowest BCUT2D eigenvalue weighted by Gasteiger charge is -2.09. The predicted octanol–water partition coefficient (Wildman–Crippen LogP) is 0.900. The minimum atomic E-state index is -0.452. The van der Waals surface area contributed by atoms with E-state index >= 15 is 0 Å². The van der Waals surface area contributed by atoms with E-state index in [1.165, 1.54) is 5.37 Å². The molecule has 0 aliphatic carbocycles. The Bertz CT molecular complexity index is 228. The van der Waals surface area contributed by atoms with E-state index in [-0.39, 0.29) is 0 Å². The molecule has 0 rings (SSSR count). The summed E-state index contributed by atoms with van der Waals surface area (Å²) < 4.78 is 15.0. The summed E-state index contributed by atoms with van der Waals surface area (Å²) >= 11 is 0.306. The normalized spacial score (nSPS) is 11.5. The Kier molecular flexibility index (Phi) is 5.28. The van der Waals surface area contributed by atoms with Crippen LogP contribution in [-0.2, 0) is 20.8 Å². The predicted molar refractivity (Wildman–Crippen MR) is 49.2 cm³/mol. The monoisotopic (exact) mass is 188 g/mol. The van der Waals surface area contributed by atoms with Gasteiger partial charge in [-0.15, -0.1) is 0 Å². The largest absolute Gasteiger partial charge is 0.454 e. The quantitative estimate of drug-likeness (QED) is 0.374. The summed E-state index contributed by atoms with van der Waals surface area (Å²) in [5, 5.41) is 1.35. The highest BCUT2D eigenvalue weighted by atomic mass is 32.1. The van der Waals surface area contributed by atoms with Crippen LogP contribution in [-0.4, -0.2) is 21.6 Å². The molecule has 0 aromatic heterocycles. The Morgan fingerprint density at radius 3 is 2.67 bits per heavy atom. The van der Waals surface area contributed by atoms with Crippen molar-refractivity contribution in [2.75, 3.05) is 0 Å². The molecule has 0 heterocycles. The fourth-order valence-electron chi connectivity index (χ4n) is 0.507. The van der Waals surface area contributed by atoms with Crippen LogP contribution in [0.25, 0.3) is 0 Å². The van der Waals surface area contributed by atoms with Gasteiger partial charge in [0.2, 0.25) is 0 Å². The first kappa shape index (κ1) is 11.1. The molecule has 1 atom stereocenters. The third kappa shape index (κ3) is 4.08. The van der Waals surface area contributed by atoms with Crippen molar-refractivity contribution in [3.05, 3.63) is 12.2 Å². The van der Waals surface area contributed by atoms with E-state index in [2.05, 4.69) is 6.58 Å². The molecular formula is C8H12O3S. The Hall–Kier alpha value is -0.900. The molecule has 0 fully saturated rings. The number of carbonyl (C=O) groups excluding carboxylic acids is 1. The zero-order valence-electron chi connectivity index (χ0n) is 7.20. The standard InChI is InChI=1S/C8H12O3S/c1-4-7(5-12-10)11-8(9)6(2)3/h5,7H,2,4H2,1,3H3. The topological polar surface area (TPSA) is 43.4 Å². The molecule has 0 aromatic rings. The van der Waals surface area contributed by atoms with Crippen molar-refractivity contribution in [3.8, 4) is 0 Å². The van der Waals surface area contributed by atoms with Gasteiger partial charge in [0.1, 0.15) is 6.10 Å². The summed E-state index contributed by atoms with van der Waals surface area (Å²) in [6, 6.07) is 0. The lowest BCUT2D eigenvalue weighted by atomic mass is 10.3. The van der Waals surface area contributed by atoms with E-state index in [1.54, 1.807) is 6.92 Å². The number of ether oxygens (including phenoxy) is 1. The summed E-state index contributed by atoms with van der Waals surface area (Å²) in [6.07, 6.45) is 0.200. The molecular weight excluding hydrogens is 176 g/mol. The van der Waals surface area contributed by atoms with Crippen LogP contribution in [0, 0.1) is 0 Å². The highest BCUT2D eigenvalue weighted by Gasteiger charge is 2.09. The SMILES string of the molecule is C=C(C)C(=O)OC(C=S=O)CC. The van der Waals surface area contributed by atoms with Gasteiger partial charge < -0.3 is 4.74 Å². The van der Waals surface area contributed by atoms with E-state index in [4.69, 9.17) is 4.74 Å². The first-order chi connectivity index (χ1) is 5.61. The lowest BCUT2D eigenvalue weighted by Crippen LogP contribution is -2.18. The van der Waals surface area contributed by atoms with Crippen molar-refractivity contribution in [3.63, 3.8) is 0 Å². The lowest BCUT2D eigenvalue weighted by molar-refractivity contribution is -0.141. The molecule has 0 aliphatic rings. The maximum atomic E-state index is 10.9. The number of hydrogen-bond acceptors (Lipinski definition) is 3. The molecule has 0 saturated heterocycles. The van der Waals surface area contributed by atoms with Gasteiger partial charge in [0, 0.05) is 10.9 Å². The number of hydrogen-bond donors (Lipinski definition) is 0. The number of esters is 1. The smallest absolute Gasteiger partial charge is 0.333 e. The van der Waals surface area contributed by atoms with Crippen molar-refractivity contribution in [1.82, 2.24) is 0 Å². The van der Waals surface area contributed by atoms with Crippen molar-refractivity contribution in [2.24, 2.45) is 0 Å². The van der Waals surface area contributed by atoms with Crippen LogP contribution < -0.4 is 0 Å². The van der Waals surface area contributed by atoms with Gasteiger partial charge in [-0.3, -0.25) is 0 Å². The summed E-state index contributed by atoms with van der Waals surface area (Å²) in [5.74, 6) is -0.452. The van der Waals surface area contributed by atoms with Crippen molar-refractivity contribution in [1.29, 1.82) is 0 Å². The number of carbonyl (C=O) groups is 1. The molecule has 4 heteroatoms.